The molecule has 0 saturated carbocycles. The average Bonchev–Trinajstić information content (AvgIpc) is 2.84. The van der Waals surface area contributed by atoms with E-state index in [2.05, 4.69) is 25.6 Å². The molecule has 0 unspecified atom stereocenters. The first-order valence-electron chi connectivity index (χ1n) is 10.8. The number of amidine groups is 2. The summed E-state index contributed by atoms with van der Waals surface area (Å²) in [6.45, 7) is 0. The van der Waals surface area contributed by atoms with E-state index in [-0.39, 0.29) is 22.5 Å². The van der Waals surface area contributed by atoms with Crippen molar-refractivity contribution in [3.63, 3.8) is 0 Å². The van der Waals surface area contributed by atoms with Gasteiger partial charge in [0.25, 0.3) is 0 Å². The monoisotopic (exact) mass is 629 g/mol. The maximum atomic E-state index is 12.9. The number of aliphatic imine (C=N–C) groups is 1. The molecule has 0 fully saturated rings. The second-order valence-electron chi connectivity index (χ2n) is 8.29. The van der Waals surface area contributed by atoms with Crippen LogP contribution in [0.2, 0.25) is 5.02 Å². The minimum atomic E-state index is -10.7. The number of fused-ring (bicyclic) bond motifs is 2. The van der Waals surface area contributed by atoms with Crippen LogP contribution >= 0.6 is 19.4 Å². The fourth-order valence-electron chi connectivity index (χ4n) is 2.77. The van der Waals surface area contributed by atoms with E-state index < -0.39 is 18.9 Å². The molecule has 4 rings (SSSR count). The zero-order valence-corrected chi connectivity index (χ0v) is 22.9. The predicted octanol–water partition coefficient (Wildman–Crippen LogP) is 3.04. The number of nitrogens with zero attached hydrogens (tertiary/aromatic N) is 9. The Morgan fingerprint density at radius 3 is 2.00 bits per heavy atom. The summed E-state index contributed by atoms with van der Waals surface area (Å²) in [7, 11) is -4.14. The first-order chi connectivity index (χ1) is 18.7. The van der Waals surface area contributed by atoms with Crippen LogP contribution < -0.4 is 20.8 Å². The molecular formula is C20H19ClF6N9O4P. The number of hydrogen-bond donors (Lipinski definition) is 0. The number of halogens is 7. The van der Waals surface area contributed by atoms with Gasteiger partial charge in [-0.15, -0.1) is 10.2 Å². The van der Waals surface area contributed by atoms with Gasteiger partial charge in [0.15, 0.2) is 0 Å². The molecule has 0 amide bonds. The van der Waals surface area contributed by atoms with Gasteiger partial charge in [-0.2, -0.15) is 0 Å². The van der Waals surface area contributed by atoms with E-state index in [1.165, 1.54) is 9.48 Å². The van der Waals surface area contributed by atoms with Crippen molar-refractivity contribution in [2.45, 2.75) is 0 Å². The second-order valence-corrected chi connectivity index (χ2v) is 10.6. The van der Waals surface area contributed by atoms with Crippen molar-refractivity contribution in [2.75, 3.05) is 28.2 Å². The summed E-state index contributed by atoms with van der Waals surface area (Å²) in [4.78, 5) is 43.9. The third-order valence-electron chi connectivity index (χ3n) is 4.45. The van der Waals surface area contributed by atoms with Crippen LogP contribution in [0.25, 0.3) is 21.8 Å². The van der Waals surface area contributed by atoms with Gasteiger partial charge in [-0.1, -0.05) is 29.8 Å². The van der Waals surface area contributed by atoms with E-state index in [0.29, 0.717) is 26.1 Å². The van der Waals surface area contributed by atoms with Gasteiger partial charge in [0, 0.05) is 14.1 Å². The SMILES string of the molecule is CN(C)/C(=N/C(On1nnc2cccc(Cl)c2c1=O)=[N+](C)C)On1nnc2ccccc2c1=O.F[P-](F)(F)(F)(F)F. The molecule has 4 aromatic rings. The summed E-state index contributed by atoms with van der Waals surface area (Å²) in [5.74, 6) is 0. The van der Waals surface area contributed by atoms with Crippen LogP contribution in [-0.2, 0) is 0 Å². The van der Waals surface area contributed by atoms with Gasteiger partial charge in [-0.05, 0) is 44.4 Å². The molecule has 0 aliphatic carbocycles. The second kappa shape index (κ2) is 10.5. The Labute approximate surface area is 229 Å². The van der Waals surface area contributed by atoms with E-state index in [4.69, 9.17) is 21.3 Å². The maximum absolute atomic E-state index is 12.9. The molecule has 222 valence electrons. The van der Waals surface area contributed by atoms with Crippen molar-refractivity contribution < 1.29 is 39.4 Å². The van der Waals surface area contributed by atoms with Crippen LogP contribution in [0.5, 0.6) is 0 Å². The Hall–Kier alpha value is -4.38. The number of rotatable bonds is 2. The van der Waals surface area contributed by atoms with Gasteiger partial charge in [0.2, 0.25) is 0 Å². The normalized spacial score (nSPS) is 13.5. The van der Waals surface area contributed by atoms with Gasteiger partial charge < -0.3 is 4.90 Å². The van der Waals surface area contributed by atoms with E-state index in [1.807, 2.05) is 0 Å². The van der Waals surface area contributed by atoms with Crippen molar-refractivity contribution >= 4 is 53.3 Å². The summed E-state index contributed by atoms with van der Waals surface area (Å²) >= 11 is 6.15. The van der Waals surface area contributed by atoms with Crippen molar-refractivity contribution in [1.29, 1.82) is 0 Å². The summed E-state index contributed by atoms with van der Waals surface area (Å²) in [5, 5.41) is 16.2. The van der Waals surface area contributed by atoms with Crippen LogP contribution in [0.15, 0.2) is 57.0 Å². The number of benzene rings is 2. The van der Waals surface area contributed by atoms with Gasteiger partial charge in [-0.25, -0.2) is 4.58 Å². The molecule has 2 aromatic carbocycles. The third-order valence-corrected chi connectivity index (χ3v) is 4.76. The summed E-state index contributed by atoms with van der Waals surface area (Å²) in [5.41, 5.74) is -0.417. The van der Waals surface area contributed by atoms with Gasteiger partial charge in [0.05, 0.1) is 34.9 Å². The van der Waals surface area contributed by atoms with Crippen LogP contribution in [0.4, 0.5) is 25.2 Å². The molecular weight excluding hydrogens is 611 g/mol. The zero-order valence-electron chi connectivity index (χ0n) is 21.3. The van der Waals surface area contributed by atoms with Gasteiger partial charge in [0.1, 0.15) is 11.0 Å². The Balaban J connectivity index is 0.000000587. The van der Waals surface area contributed by atoms with E-state index in [9.17, 15) is 34.8 Å². The zero-order chi connectivity index (χ0) is 30.8. The van der Waals surface area contributed by atoms with Crippen molar-refractivity contribution in [3.05, 3.63) is 68.2 Å². The standard InChI is InChI=1S/C20H19ClN9O4.F6P/c1-27(2)19(33-29-17(31)12-8-5-6-10-14(12)23-25-29)22-20(28(3)4)34-30-18(32)16-13(21)9-7-11-15(16)24-26-30;1-7(2,3,4,5)6/h5-11H,1-4H3;/q+1;-1. The molecule has 2 heterocycles. The molecule has 13 nitrogen and oxygen atoms in total. The Kier molecular flexibility index (Phi) is 8.01. The Morgan fingerprint density at radius 1 is 0.878 bits per heavy atom. The molecule has 0 aliphatic rings. The molecule has 21 heteroatoms. The molecule has 0 atom stereocenters. The van der Waals surface area contributed by atoms with Gasteiger partial charge in [-0.3, -0.25) is 19.3 Å². The van der Waals surface area contributed by atoms with E-state index in [1.54, 1.807) is 70.7 Å². The van der Waals surface area contributed by atoms with Crippen molar-refractivity contribution in [2.24, 2.45) is 4.99 Å². The average molecular weight is 630 g/mol. The Bertz CT molecular complexity index is 1800. The van der Waals surface area contributed by atoms with Crippen LogP contribution in [0, 0.1) is 0 Å². The summed E-state index contributed by atoms with van der Waals surface area (Å²) in [6, 6.07) is 11.4. The molecule has 0 N–H and O–H groups in total. The van der Waals surface area contributed by atoms with Crippen molar-refractivity contribution in [1.82, 2.24) is 35.2 Å². The van der Waals surface area contributed by atoms with Crippen LogP contribution in [-0.4, -0.2) is 80.0 Å². The van der Waals surface area contributed by atoms with Crippen LogP contribution in [0.1, 0.15) is 0 Å². The quantitative estimate of drug-likeness (QED) is 0.108. The molecule has 0 radical (unpaired) electrons. The number of aromatic nitrogens is 6. The first kappa shape index (κ1) is 31.2. The Morgan fingerprint density at radius 2 is 1.41 bits per heavy atom. The topological polar surface area (TPSA) is 133 Å². The summed E-state index contributed by atoms with van der Waals surface area (Å²) < 4.78 is 60.7. The first-order valence-corrected chi connectivity index (χ1v) is 13.2. The predicted molar refractivity (Wildman–Crippen MR) is 138 cm³/mol. The molecule has 2 aromatic heterocycles. The summed E-state index contributed by atoms with van der Waals surface area (Å²) in [6.07, 6.45) is 0. The van der Waals surface area contributed by atoms with Crippen molar-refractivity contribution in [3.8, 4) is 0 Å². The van der Waals surface area contributed by atoms with E-state index in [0.717, 1.165) is 0 Å². The van der Waals surface area contributed by atoms with Gasteiger partial charge >= 0.3 is 56.2 Å². The minimum absolute atomic E-state index is 0.0878. The molecule has 0 aliphatic heterocycles. The van der Waals surface area contributed by atoms with Crippen LogP contribution in [0.3, 0.4) is 0 Å². The molecule has 0 spiro atoms. The molecule has 0 bridgehead atoms. The molecule has 0 saturated heterocycles. The molecule has 41 heavy (non-hydrogen) atoms. The fraction of sp³-hybridized carbons (Fsp3) is 0.200. The fourth-order valence-corrected chi connectivity index (χ4v) is 3.02. The van der Waals surface area contributed by atoms with E-state index >= 15 is 0 Å². The third kappa shape index (κ3) is 9.07. The number of hydrogen-bond acceptors (Lipinski definition) is 8.